The van der Waals surface area contributed by atoms with Crippen LogP contribution in [0.1, 0.15) is 208 Å². The molecular formula is C56H87NO17S2. The number of benzene rings is 2. The number of carbonyl (C=O) groups excluding carboxylic acids is 4. The molecule has 0 bridgehead atoms. The van der Waals surface area contributed by atoms with Crippen LogP contribution in [0.25, 0.3) is 0 Å². The van der Waals surface area contributed by atoms with E-state index in [0.717, 1.165) is 58.3 Å². The molecular weight excluding hydrogens is 1020 g/mol. The zero-order chi connectivity index (χ0) is 55.4. The minimum Gasteiger partial charge on any atom is -0.457 e. The average molecular weight is 1110 g/mol. The highest BCUT2D eigenvalue weighted by Gasteiger charge is 2.54. The van der Waals surface area contributed by atoms with Crippen molar-refractivity contribution in [3.05, 3.63) is 83.9 Å². The van der Waals surface area contributed by atoms with Gasteiger partial charge in [0.2, 0.25) is 5.91 Å². The fourth-order valence-electron chi connectivity index (χ4n) is 8.95. The van der Waals surface area contributed by atoms with E-state index in [4.69, 9.17) is 27.9 Å². The van der Waals surface area contributed by atoms with Crippen LogP contribution in [0.15, 0.2) is 72.8 Å². The minimum absolute atomic E-state index is 0.0399. The first-order valence-corrected chi connectivity index (χ1v) is 30.4. The molecule has 1 fully saturated rings. The highest BCUT2D eigenvalue weighted by Crippen LogP contribution is 2.32. The minimum atomic E-state index is -5.49. The van der Waals surface area contributed by atoms with Crippen molar-refractivity contribution < 1.29 is 77.2 Å². The number of carbonyl (C=O) groups is 4. The maximum Gasteiger partial charge on any atom is 0.397 e. The summed E-state index contributed by atoms with van der Waals surface area (Å²) < 4.78 is 107. The van der Waals surface area contributed by atoms with Crippen LogP contribution in [0, 0.1) is 0 Å². The third kappa shape index (κ3) is 29.5. The molecule has 1 heterocycles. The van der Waals surface area contributed by atoms with Crippen LogP contribution in [-0.4, -0.2) is 106 Å². The van der Waals surface area contributed by atoms with E-state index in [1.165, 1.54) is 121 Å². The Morgan fingerprint density at radius 3 is 1.55 bits per heavy atom. The van der Waals surface area contributed by atoms with Crippen molar-refractivity contribution in [2.75, 3.05) is 13.2 Å². The van der Waals surface area contributed by atoms with Crippen molar-refractivity contribution in [2.24, 2.45) is 0 Å². The third-order valence-electron chi connectivity index (χ3n) is 13.0. The fraction of sp³-hybridized carbons (Fsp3) is 0.679. The second kappa shape index (κ2) is 38.3. The summed E-state index contributed by atoms with van der Waals surface area (Å²) in [4.78, 5) is 53.8. The lowest BCUT2D eigenvalue weighted by Gasteiger charge is -2.44. The average Bonchev–Trinajstić information content (AvgIpc) is 3.38. The van der Waals surface area contributed by atoms with Gasteiger partial charge in [-0.05, 0) is 49.6 Å². The number of nitrogens with one attached hydrogen (secondary N) is 1. The maximum atomic E-state index is 13.9. The Balaban J connectivity index is 1.94. The number of ether oxygens (including phenoxy) is 5. The number of unbranched alkanes of at least 4 members (excludes halogenated alkanes) is 23. The second-order valence-electron chi connectivity index (χ2n) is 19.5. The number of rotatable bonds is 42. The summed E-state index contributed by atoms with van der Waals surface area (Å²) in [6.07, 6.45) is 20.1. The number of allylic oxidation sites excluding steroid dienone is 1. The topological polar surface area (TPSA) is 254 Å². The van der Waals surface area contributed by atoms with Gasteiger partial charge in [-0.2, -0.15) is 16.8 Å². The van der Waals surface area contributed by atoms with Gasteiger partial charge in [-0.15, -0.1) is 0 Å². The Kier molecular flexibility index (Phi) is 33.3. The zero-order valence-electron chi connectivity index (χ0n) is 45.1. The van der Waals surface area contributed by atoms with Crippen molar-refractivity contribution in [1.29, 1.82) is 0 Å². The molecule has 7 atom stereocenters. The molecule has 2 aromatic rings. The predicted octanol–water partition coefficient (Wildman–Crippen LogP) is 11.3. The normalized spacial score (nSPS) is 18.7. The van der Waals surface area contributed by atoms with Gasteiger partial charge in [0, 0.05) is 13.3 Å². The van der Waals surface area contributed by atoms with Crippen molar-refractivity contribution in [2.45, 2.75) is 231 Å². The smallest absolute Gasteiger partial charge is 0.397 e. The molecule has 18 nitrogen and oxygen atoms in total. The van der Waals surface area contributed by atoms with E-state index >= 15 is 0 Å². The Labute approximate surface area is 453 Å². The number of hydrogen-bond donors (Lipinski definition) is 3. The Hall–Kier alpha value is -4.28. The molecule has 0 unspecified atom stereocenters. The zero-order valence-corrected chi connectivity index (χ0v) is 46.7. The molecule has 3 N–H and O–H groups in total. The predicted molar refractivity (Wildman–Crippen MR) is 288 cm³/mol. The molecule has 0 saturated carbocycles. The Morgan fingerprint density at radius 1 is 0.605 bits per heavy atom. The molecule has 1 aliphatic heterocycles. The number of amides is 1. The quantitative estimate of drug-likeness (QED) is 0.0184. The van der Waals surface area contributed by atoms with E-state index < -0.39 is 101 Å². The lowest BCUT2D eigenvalue weighted by Crippen LogP contribution is -2.63. The van der Waals surface area contributed by atoms with Crippen LogP contribution in [0.3, 0.4) is 0 Å². The Bertz CT molecular complexity index is 2180. The van der Waals surface area contributed by atoms with Crippen LogP contribution in [0.4, 0.5) is 0 Å². The van der Waals surface area contributed by atoms with Gasteiger partial charge >= 0.3 is 38.7 Å². The molecule has 0 radical (unpaired) electrons. The van der Waals surface area contributed by atoms with Crippen molar-refractivity contribution in [1.82, 2.24) is 5.32 Å². The van der Waals surface area contributed by atoms with Crippen LogP contribution >= 0.6 is 0 Å². The molecule has 20 heteroatoms. The molecule has 430 valence electrons. The molecule has 0 aromatic heterocycles. The summed E-state index contributed by atoms with van der Waals surface area (Å²) in [6, 6.07) is 14.4. The monoisotopic (exact) mass is 1110 g/mol. The summed E-state index contributed by atoms with van der Waals surface area (Å²) in [5, 5.41) is 2.95. The highest BCUT2D eigenvalue weighted by molar-refractivity contribution is 7.81. The molecule has 2 aromatic carbocycles. The van der Waals surface area contributed by atoms with Gasteiger partial charge in [0.15, 0.2) is 24.6 Å². The van der Waals surface area contributed by atoms with E-state index in [0.29, 0.717) is 12.8 Å². The lowest BCUT2D eigenvalue weighted by atomic mass is 9.98. The van der Waals surface area contributed by atoms with Crippen LogP contribution in [0.5, 0.6) is 0 Å². The SMILES string of the molecule is CCCCCCCCCCCCC/C=C/[C@@H](OC(=O)c1ccccc1)[C@H](CO[C@@H]1O[C@H](COS(=O)(=O)O)[C@H](OC(C)=O)[C@H](OS(=O)(=O)O)[C@H]1OC(=O)c1ccccc1)NC(=O)CCCCCCCCCCCCCCC. The fourth-order valence-corrected chi connectivity index (χ4v) is 9.76. The van der Waals surface area contributed by atoms with Gasteiger partial charge < -0.3 is 29.0 Å². The molecule has 0 spiro atoms. The van der Waals surface area contributed by atoms with Gasteiger partial charge in [-0.1, -0.05) is 198 Å². The van der Waals surface area contributed by atoms with Crippen LogP contribution in [0.2, 0.25) is 0 Å². The van der Waals surface area contributed by atoms with Gasteiger partial charge in [0.1, 0.15) is 12.2 Å². The van der Waals surface area contributed by atoms with E-state index in [-0.39, 0.29) is 17.5 Å². The van der Waals surface area contributed by atoms with Gasteiger partial charge in [0.05, 0.1) is 30.4 Å². The van der Waals surface area contributed by atoms with Gasteiger partial charge in [-0.25, -0.2) is 18.0 Å². The van der Waals surface area contributed by atoms with Gasteiger partial charge in [-0.3, -0.25) is 18.7 Å². The largest absolute Gasteiger partial charge is 0.457 e. The van der Waals surface area contributed by atoms with E-state index in [1.54, 1.807) is 42.5 Å². The summed E-state index contributed by atoms with van der Waals surface area (Å²) in [6.45, 7) is 3.60. The van der Waals surface area contributed by atoms with Crippen molar-refractivity contribution >= 4 is 44.6 Å². The summed E-state index contributed by atoms with van der Waals surface area (Å²) >= 11 is 0. The Morgan fingerprint density at radius 2 is 1.08 bits per heavy atom. The molecule has 1 saturated heterocycles. The maximum absolute atomic E-state index is 13.9. The first-order valence-electron chi connectivity index (χ1n) is 27.7. The number of esters is 3. The van der Waals surface area contributed by atoms with E-state index in [9.17, 15) is 45.1 Å². The molecule has 1 amide bonds. The van der Waals surface area contributed by atoms with Crippen molar-refractivity contribution in [3.8, 4) is 0 Å². The van der Waals surface area contributed by atoms with E-state index in [1.807, 2.05) is 6.08 Å². The molecule has 3 rings (SSSR count). The molecule has 0 aliphatic carbocycles. The second-order valence-corrected chi connectivity index (χ2v) is 21.7. The summed E-state index contributed by atoms with van der Waals surface area (Å²) in [5.74, 6) is -3.29. The van der Waals surface area contributed by atoms with Crippen molar-refractivity contribution in [3.63, 3.8) is 0 Å². The van der Waals surface area contributed by atoms with Gasteiger partial charge in [0.25, 0.3) is 0 Å². The first-order chi connectivity index (χ1) is 36.5. The summed E-state index contributed by atoms with van der Waals surface area (Å²) in [7, 11) is -10.7. The molecule has 76 heavy (non-hydrogen) atoms. The van der Waals surface area contributed by atoms with E-state index in [2.05, 4.69) is 23.3 Å². The first kappa shape index (κ1) is 66.0. The highest BCUT2D eigenvalue weighted by atomic mass is 32.3. The van der Waals surface area contributed by atoms with Crippen LogP contribution in [-0.2, 0) is 62.4 Å². The summed E-state index contributed by atoms with van der Waals surface area (Å²) in [5.41, 5.74) is 0.179. The van der Waals surface area contributed by atoms with Crippen LogP contribution < -0.4 is 5.32 Å². The molecule has 1 aliphatic rings. The standard InChI is InChI=1S/C56H87NO17S2/c1-4-6-8-10-12-14-16-18-20-22-24-26-34-40-48(71-54(60)45-36-30-28-31-37-45)47(57-50(59)41-35-27-25-23-21-19-17-15-13-11-9-7-5-2)42-68-56-53(73-55(61)46-38-32-29-33-39-46)52(74-76(65,66)67)51(70-44(3)58)49(72-56)43-69-75(62,63)64/h28-34,36-40,47-49,51-53,56H,4-27,35,41-43H2,1-3H3,(H,57,59)(H,62,63,64)(H,65,66,67)/b40-34+/t47-,48+,49+,51-,52-,53+,56+/m0/s1. The number of hydrogen-bond acceptors (Lipinski definition) is 15. The third-order valence-corrected chi connectivity index (χ3v) is 13.9. The lowest BCUT2D eigenvalue weighted by molar-refractivity contribution is -0.298.